The number of methoxy groups -OCH3 is 1. The standard InChI is InChI=1S/C19H18BrClN5O4P/c1-30-16-8-11(20)15(26(27)28)9-14(16)24-19-22-10-12(21)18(25-19)23-13-6-4-5-7-17(13)31(2,3)29/h4-10H,1-3H3,(H2,22,23,24,25). The fraction of sp³-hybridized carbons (Fsp3) is 0.158. The SMILES string of the molecule is COc1cc(Br)c([N+](=O)[O-])cc1Nc1ncc(Cl)c(Nc2ccccc2P(C)(C)=O)n1. The van der Waals surface area contributed by atoms with E-state index in [1.165, 1.54) is 25.4 Å². The van der Waals surface area contributed by atoms with E-state index in [4.69, 9.17) is 16.3 Å². The molecule has 2 aromatic carbocycles. The number of nitro benzene ring substituents is 1. The van der Waals surface area contributed by atoms with Gasteiger partial charge in [-0.25, -0.2) is 4.98 Å². The Kier molecular flexibility index (Phi) is 6.83. The first-order valence-electron chi connectivity index (χ1n) is 8.83. The van der Waals surface area contributed by atoms with Crippen LogP contribution >= 0.6 is 34.7 Å². The molecule has 12 heteroatoms. The fourth-order valence-corrected chi connectivity index (χ4v) is 4.52. The molecule has 162 valence electrons. The van der Waals surface area contributed by atoms with Gasteiger partial charge < -0.3 is 19.9 Å². The Morgan fingerprint density at radius 2 is 1.90 bits per heavy atom. The zero-order valence-corrected chi connectivity index (χ0v) is 20.0. The van der Waals surface area contributed by atoms with E-state index >= 15 is 0 Å². The number of para-hydroxylation sites is 1. The van der Waals surface area contributed by atoms with Gasteiger partial charge in [0.05, 0.1) is 34.1 Å². The molecule has 0 atom stereocenters. The topological polar surface area (TPSA) is 119 Å². The molecule has 31 heavy (non-hydrogen) atoms. The summed E-state index contributed by atoms with van der Waals surface area (Å²) in [5.74, 6) is 0.773. The molecular formula is C19H18BrClN5O4P. The van der Waals surface area contributed by atoms with Crippen LogP contribution in [0.3, 0.4) is 0 Å². The van der Waals surface area contributed by atoms with Gasteiger partial charge in [0, 0.05) is 17.4 Å². The second kappa shape index (κ2) is 9.21. The van der Waals surface area contributed by atoms with Crippen molar-refractivity contribution in [2.75, 3.05) is 31.1 Å². The fourth-order valence-electron chi connectivity index (χ4n) is 2.76. The lowest BCUT2D eigenvalue weighted by Gasteiger charge is -2.16. The third kappa shape index (κ3) is 5.33. The highest BCUT2D eigenvalue weighted by Crippen LogP contribution is 2.39. The zero-order valence-electron chi connectivity index (χ0n) is 16.7. The Balaban J connectivity index is 1.98. The molecule has 1 aromatic heterocycles. The Morgan fingerprint density at radius 3 is 2.55 bits per heavy atom. The minimum Gasteiger partial charge on any atom is -0.495 e. The van der Waals surface area contributed by atoms with E-state index < -0.39 is 12.1 Å². The number of hydrogen-bond acceptors (Lipinski definition) is 8. The number of hydrogen-bond donors (Lipinski definition) is 2. The average Bonchev–Trinajstić information content (AvgIpc) is 2.70. The molecule has 0 aliphatic rings. The van der Waals surface area contributed by atoms with Crippen molar-refractivity contribution < 1.29 is 14.2 Å². The highest BCUT2D eigenvalue weighted by atomic mass is 79.9. The van der Waals surface area contributed by atoms with E-state index in [-0.39, 0.29) is 26.9 Å². The van der Waals surface area contributed by atoms with Crippen molar-refractivity contribution in [3.8, 4) is 5.75 Å². The molecule has 0 aliphatic carbocycles. The number of anilines is 4. The molecule has 0 saturated heterocycles. The molecule has 0 radical (unpaired) electrons. The number of ether oxygens (including phenoxy) is 1. The van der Waals surface area contributed by atoms with Gasteiger partial charge in [0.25, 0.3) is 5.69 Å². The number of nitro groups is 1. The van der Waals surface area contributed by atoms with Crippen molar-refractivity contribution in [3.63, 3.8) is 0 Å². The lowest BCUT2D eigenvalue weighted by Crippen LogP contribution is -2.11. The summed E-state index contributed by atoms with van der Waals surface area (Å²) >= 11 is 9.42. The second-order valence-corrected chi connectivity index (χ2v) is 11.2. The first-order chi connectivity index (χ1) is 14.6. The van der Waals surface area contributed by atoms with E-state index in [2.05, 4.69) is 36.5 Å². The summed E-state index contributed by atoms with van der Waals surface area (Å²) in [7, 11) is -1.11. The molecule has 0 amide bonds. The van der Waals surface area contributed by atoms with Crippen LogP contribution in [0.4, 0.5) is 28.8 Å². The Hall–Kier alpha value is -2.68. The maximum absolute atomic E-state index is 12.6. The summed E-state index contributed by atoms with van der Waals surface area (Å²) in [6, 6.07) is 9.97. The van der Waals surface area contributed by atoms with E-state index in [1.807, 2.05) is 6.07 Å². The van der Waals surface area contributed by atoms with Gasteiger partial charge in [-0.1, -0.05) is 23.7 Å². The first-order valence-corrected chi connectivity index (χ1v) is 12.6. The van der Waals surface area contributed by atoms with Gasteiger partial charge in [0.2, 0.25) is 5.95 Å². The quantitative estimate of drug-likeness (QED) is 0.234. The van der Waals surface area contributed by atoms with Crippen LogP contribution in [0.15, 0.2) is 47.1 Å². The molecule has 3 aromatic rings. The van der Waals surface area contributed by atoms with Crippen LogP contribution in [0.1, 0.15) is 0 Å². The minimum atomic E-state index is -2.55. The van der Waals surface area contributed by atoms with E-state index in [9.17, 15) is 14.7 Å². The van der Waals surface area contributed by atoms with Crippen LogP contribution in [0.2, 0.25) is 5.02 Å². The largest absolute Gasteiger partial charge is 0.495 e. The molecule has 0 fully saturated rings. The van der Waals surface area contributed by atoms with Gasteiger partial charge in [-0.05, 0) is 41.4 Å². The van der Waals surface area contributed by atoms with Gasteiger partial charge in [0.1, 0.15) is 17.9 Å². The zero-order chi connectivity index (χ0) is 22.8. The van der Waals surface area contributed by atoms with Crippen molar-refractivity contribution in [1.82, 2.24) is 9.97 Å². The monoisotopic (exact) mass is 525 g/mol. The molecule has 9 nitrogen and oxygen atoms in total. The normalized spacial score (nSPS) is 11.1. The lowest BCUT2D eigenvalue weighted by atomic mass is 10.2. The third-order valence-electron chi connectivity index (χ3n) is 4.19. The Morgan fingerprint density at radius 1 is 1.19 bits per heavy atom. The summed E-state index contributed by atoms with van der Waals surface area (Å²) in [6.45, 7) is 3.35. The molecule has 0 saturated carbocycles. The third-order valence-corrected chi connectivity index (χ3v) is 6.66. The predicted molar refractivity (Wildman–Crippen MR) is 126 cm³/mol. The summed E-state index contributed by atoms with van der Waals surface area (Å²) in [4.78, 5) is 19.2. The maximum Gasteiger partial charge on any atom is 0.285 e. The van der Waals surface area contributed by atoms with E-state index in [1.54, 1.807) is 31.5 Å². The van der Waals surface area contributed by atoms with Crippen LogP contribution < -0.4 is 20.7 Å². The highest BCUT2D eigenvalue weighted by molar-refractivity contribution is 9.10. The number of benzene rings is 2. The second-order valence-electron chi connectivity index (χ2n) is 6.77. The predicted octanol–water partition coefficient (Wildman–Crippen LogP) is 5.54. The van der Waals surface area contributed by atoms with Crippen LogP contribution in [0.5, 0.6) is 5.75 Å². The Bertz CT molecular complexity index is 1200. The molecule has 3 rings (SSSR count). The van der Waals surface area contributed by atoms with Crippen molar-refractivity contribution >= 4 is 68.8 Å². The van der Waals surface area contributed by atoms with Gasteiger partial charge >= 0.3 is 0 Å². The summed E-state index contributed by atoms with van der Waals surface area (Å²) in [5, 5.41) is 18.2. The molecule has 0 unspecified atom stereocenters. The molecule has 0 bridgehead atoms. The van der Waals surface area contributed by atoms with Crippen LogP contribution in [0.25, 0.3) is 0 Å². The van der Waals surface area contributed by atoms with E-state index in [0.29, 0.717) is 22.4 Å². The minimum absolute atomic E-state index is 0.135. The summed E-state index contributed by atoms with van der Waals surface area (Å²) in [5.41, 5.74) is 0.767. The molecular weight excluding hydrogens is 509 g/mol. The van der Waals surface area contributed by atoms with Crippen LogP contribution in [-0.4, -0.2) is 35.3 Å². The van der Waals surface area contributed by atoms with Crippen LogP contribution in [0, 0.1) is 10.1 Å². The van der Waals surface area contributed by atoms with Gasteiger partial charge in [-0.15, -0.1) is 0 Å². The number of halogens is 2. The van der Waals surface area contributed by atoms with Crippen molar-refractivity contribution in [1.29, 1.82) is 0 Å². The van der Waals surface area contributed by atoms with Crippen molar-refractivity contribution in [2.45, 2.75) is 0 Å². The highest BCUT2D eigenvalue weighted by Gasteiger charge is 2.19. The Labute approximate surface area is 191 Å². The van der Waals surface area contributed by atoms with Gasteiger partial charge in [0.15, 0.2) is 5.82 Å². The van der Waals surface area contributed by atoms with Crippen molar-refractivity contribution in [3.05, 3.63) is 62.2 Å². The molecule has 2 N–H and O–H groups in total. The number of aromatic nitrogens is 2. The number of rotatable bonds is 7. The lowest BCUT2D eigenvalue weighted by molar-refractivity contribution is -0.385. The number of nitrogens with zero attached hydrogens (tertiary/aromatic N) is 3. The first kappa shape index (κ1) is 23.0. The van der Waals surface area contributed by atoms with Gasteiger partial charge in [-0.3, -0.25) is 10.1 Å². The number of nitrogens with one attached hydrogen (secondary N) is 2. The van der Waals surface area contributed by atoms with Crippen molar-refractivity contribution in [2.24, 2.45) is 0 Å². The molecule has 0 aliphatic heterocycles. The summed E-state index contributed by atoms with van der Waals surface area (Å²) in [6.07, 6.45) is 1.39. The summed E-state index contributed by atoms with van der Waals surface area (Å²) < 4.78 is 18.2. The van der Waals surface area contributed by atoms with E-state index in [0.717, 1.165) is 0 Å². The smallest absolute Gasteiger partial charge is 0.285 e. The molecule has 0 spiro atoms. The molecule has 1 heterocycles. The average molecular weight is 527 g/mol. The maximum atomic E-state index is 12.6. The van der Waals surface area contributed by atoms with Crippen LogP contribution in [-0.2, 0) is 4.57 Å². The van der Waals surface area contributed by atoms with Gasteiger partial charge in [-0.2, -0.15) is 4.98 Å².